The third-order valence-electron chi connectivity index (χ3n) is 3.24. The maximum absolute atomic E-state index is 9.78. The fraction of sp³-hybridized carbons (Fsp3) is 0.400. The van der Waals surface area contributed by atoms with Gasteiger partial charge in [0.05, 0.1) is 11.6 Å². The van der Waals surface area contributed by atoms with Crippen LogP contribution >= 0.6 is 15.9 Å². The van der Waals surface area contributed by atoms with Crippen LogP contribution in [0.1, 0.15) is 19.4 Å². The fourth-order valence-corrected chi connectivity index (χ4v) is 2.38. The summed E-state index contributed by atoms with van der Waals surface area (Å²) in [5.41, 5.74) is 2.15. The second kappa shape index (κ2) is 6.46. The van der Waals surface area contributed by atoms with Gasteiger partial charge >= 0.3 is 0 Å². The van der Waals surface area contributed by atoms with Crippen LogP contribution in [0, 0.1) is 5.92 Å². The summed E-state index contributed by atoms with van der Waals surface area (Å²) < 4.78 is 1.06. The van der Waals surface area contributed by atoms with Gasteiger partial charge in [0.2, 0.25) is 0 Å². The number of aliphatic hydroxyl groups excluding tert-OH is 1. The maximum Gasteiger partial charge on any atom is 0.0758 e. The van der Waals surface area contributed by atoms with Gasteiger partial charge in [0.15, 0.2) is 0 Å². The van der Waals surface area contributed by atoms with Crippen molar-refractivity contribution in [2.75, 3.05) is 6.54 Å². The standard InChI is InChI=1S/C15H19BrN2O/c1-10(2)14(19)9-17-8-11-5-6-13(16)12-4-3-7-18-15(11)12/h3-7,10,14,17,19H,8-9H2,1-2H3. The maximum atomic E-state index is 9.78. The summed E-state index contributed by atoms with van der Waals surface area (Å²) in [6.07, 6.45) is 1.50. The molecule has 1 aromatic heterocycles. The molecule has 0 aliphatic carbocycles. The number of hydrogen-bond donors (Lipinski definition) is 2. The van der Waals surface area contributed by atoms with Crippen LogP contribution in [0.5, 0.6) is 0 Å². The first kappa shape index (κ1) is 14.4. The van der Waals surface area contributed by atoms with Crippen molar-refractivity contribution >= 4 is 26.8 Å². The van der Waals surface area contributed by atoms with Crippen LogP contribution < -0.4 is 5.32 Å². The third-order valence-corrected chi connectivity index (χ3v) is 3.93. The van der Waals surface area contributed by atoms with Gasteiger partial charge in [-0.05, 0) is 23.6 Å². The van der Waals surface area contributed by atoms with Crippen LogP contribution in [-0.2, 0) is 6.54 Å². The number of pyridine rings is 1. The van der Waals surface area contributed by atoms with Crippen molar-refractivity contribution in [3.8, 4) is 0 Å². The molecule has 0 saturated carbocycles. The molecular formula is C15H19BrN2O. The van der Waals surface area contributed by atoms with E-state index in [0.717, 1.165) is 20.9 Å². The summed E-state index contributed by atoms with van der Waals surface area (Å²) in [4.78, 5) is 4.44. The van der Waals surface area contributed by atoms with E-state index in [0.29, 0.717) is 13.1 Å². The summed E-state index contributed by atoms with van der Waals surface area (Å²) in [7, 11) is 0. The lowest BCUT2D eigenvalue weighted by molar-refractivity contribution is 0.123. The first-order valence-electron chi connectivity index (χ1n) is 6.50. The minimum absolute atomic E-state index is 0.271. The number of nitrogens with zero attached hydrogens (tertiary/aromatic N) is 1. The van der Waals surface area contributed by atoms with E-state index >= 15 is 0 Å². The van der Waals surface area contributed by atoms with Crippen LogP contribution in [0.4, 0.5) is 0 Å². The van der Waals surface area contributed by atoms with Gasteiger partial charge in [-0.15, -0.1) is 0 Å². The molecule has 0 bridgehead atoms. The Balaban J connectivity index is 2.11. The molecule has 3 nitrogen and oxygen atoms in total. The Morgan fingerprint density at radius 1 is 1.32 bits per heavy atom. The molecule has 0 aliphatic rings. The molecule has 0 amide bonds. The highest BCUT2D eigenvalue weighted by Crippen LogP contribution is 2.25. The highest BCUT2D eigenvalue weighted by atomic mass is 79.9. The second-order valence-corrected chi connectivity index (χ2v) is 5.90. The zero-order valence-electron chi connectivity index (χ0n) is 11.2. The zero-order valence-corrected chi connectivity index (χ0v) is 12.8. The lowest BCUT2D eigenvalue weighted by Gasteiger charge is -2.15. The van der Waals surface area contributed by atoms with E-state index < -0.39 is 0 Å². The Morgan fingerprint density at radius 3 is 2.84 bits per heavy atom. The summed E-state index contributed by atoms with van der Waals surface area (Å²) in [6.45, 7) is 5.35. The molecule has 0 aliphatic heterocycles. The Bertz CT molecular complexity index is 557. The molecule has 2 aromatic rings. The molecule has 19 heavy (non-hydrogen) atoms. The number of benzene rings is 1. The number of nitrogens with one attached hydrogen (secondary N) is 1. The predicted octanol–water partition coefficient (Wildman–Crippen LogP) is 3.10. The lowest BCUT2D eigenvalue weighted by atomic mass is 10.1. The van der Waals surface area contributed by atoms with Gasteiger partial charge in [0.25, 0.3) is 0 Å². The minimum atomic E-state index is -0.310. The van der Waals surface area contributed by atoms with Crippen LogP contribution in [0.25, 0.3) is 10.9 Å². The molecule has 0 radical (unpaired) electrons. The molecule has 2 N–H and O–H groups in total. The van der Waals surface area contributed by atoms with Gasteiger partial charge in [0, 0.05) is 29.1 Å². The van der Waals surface area contributed by atoms with Gasteiger partial charge in [-0.25, -0.2) is 0 Å². The number of halogens is 1. The van der Waals surface area contributed by atoms with Crippen LogP contribution in [-0.4, -0.2) is 22.7 Å². The third kappa shape index (κ3) is 3.53. The largest absolute Gasteiger partial charge is 0.392 e. The highest BCUT2D eigenvalue weighted by Gasteiger charge is 2.09. The summed E-state index contributed by atoms with van der Waals surface area (Å²) >= 11 is 3.54. The Hall–Kier alpha value is -0.970. The minimum Gasteiger partial charge on any atom is -0.392 e. The average Bonchev–Trinajstić information content (AvgIpc) is 2.41. The van der Waals surface area contributed by atoms with Crippen molar-refractivity contribution in [1.82, 2.24) is 10.3 Å². The number of fused-ring (bicyclic) bond motifs is 1. The summed E-state index contributed by atoms with van der Waals surface area (Å²) in [5, 5.41) is 14.2. The fourth-order valence-electron chi connectivity index (χ4n) is 1.93. The second-order valence-electron chi connectivity index (χ2n) is 5.05. The number of aliphatic hydroxyl groups is 1. The smallest absolute Gasteiger partial charge is 0.0758 e. The van der Waals surface area contributed by atoms with Crippen LogP contribution in [0.3, 0.4) is 0 Å². The quantitative estimate of drug-likeness (QED) is 0.889. The van der Waals surface area contributed by atoms with Gasteiger partial charge in [-0.2, -0.15) is 0 Å². The molecule has 102 valence electrons. The van der Waals surface area contributed by atoms with Crippen molar-refractivity contribution in [3.63, 3.8) is 0 Å². The summed E-state index contributed by atoms with van der Waals surface area (Å²) in [5.74, 6) is 0.271. The summed E-state index contributed by atoms with van der Waals surface area (Å²) in [6, 6.07) is 8.10. The molecule has 2 rings (SSSR count). The van der Waals surface area contributed by atoms with E-state index in [9.17, 15) is 5.11 Å². The topological polar surface area (TPSA) is 45.1 Å². The number of hydrogen-bond acceptors (Lipinski definition) is 3. The van der Waals surface area contributed by atoms with Gasteiger partial charge < -0.3 is 10.4 Å². The van der Waals surface area contributed by atoms with E-state index in [1.807, 2.05) is 26.0 Å². The monoisotopic (exact) mass is 322 g/mol. The lowest BCUT2D eigenvalue weighted by Crippen LogP contribution is -2.30. The van der Waals surface area contributed by atoms with Gasteiger partial charge in [-0.1, -0.05) is 41.9 Å². The average molecular weight is 323 g/mol. The first-order chi connectivity index (χ1) is 9.09. The Morgan fingerprint density at radius 2 is 2.11 bits per heavy atom. The van der Waals surface area contributed by atoms with Crippen molar-refractivity contribution < 1.29 is 5.11 Å². The van der Waals surface area contributed by atoms with E-state index in [1.165, 1.54) is 0 Å². The normalized spacial score (nSPS) is 13.1. The van der Waals surface area contributed by atoms with E-state index in [2.05, 4.69) is 38.4 Å². The molecule has 1 unspecified atom stereocenters. The van der Waals surface area contributed by atoms with Gasteiger partial charge in [-0.3, -0.25) is 4.98 Å². The first-order valence-corrected chi connectivity index (χ1v) is 7.29. The van der Waals surface area contributed by atoms with Crippen LogP contribution in [0.2, 0.25) is 0 Å². The van der Waals surface area contributed by atoms with E-state index in [1.54, 1.807) is 6.20 Å². The molecule has 4 heteroatoms. The van der Waals surface area contributed by atoms with E-state index in [-0.39, 0.29) is 12.0 Å². The molecule has 1 heterocycles. The molecular weight excluding hydrogens is 304 g/mol. The Labute approximate surface area is 122 Å². The van der Waals surface area contributed by atoms with Crippen molar-refractivity contribution in [3.05, 3.63) is 40.5 Å². The highest BCUT2D eigenvalue weighted by molar-refractivity contribution is 9.10. The predicted molar refractivity (Wildman–Crippen MR) is 82.0 cm³/mol. The van der Waals surface area contributed by atoms with Crippen molar-refractivity contribution in [2.24, 2.45) is 5.92 Å². The van der Waals surface area contributed by atoms with Crippen molar-refractivity contribution in [1.29, 1.82) is 0 Å². The number of aromatic nitrogens is 1. The van der Waals surface area contributed by atoms with Crippen LogP contribution in [0.15, 0.2) is 34.9 Å². The van der Waals surface area contributed by atoms with E-state index in [4.69, 9.17) is 0 Å². The zero-order chi connectivity index (χ0) is 13.8. The van der Waals surface area contributed by atoms with Crippen molar-refractivity contribution in [2.45, 2.75) is 26.5 Å². The van der Waals surface area contributed by atoms with Gasteiger partial charge in [0.1, 0.15) is 0 Å². The number of rotatable bonds is 5. The molecule has 1 aromatic carbocycles. The SMILES string of the molecule is CC(C)C(O)CNCc1ccc(Br)c2cccnc12. The Kier molecular flexibility index (Phi) is 4.91. The molecule has 0 spiro atoms. The molecule has 0 fully saturated rings. The molecule has 0 saturated heterocycles. The molecule has 1 atom stereocenters.